The first-order valence-corrected chi connectivity index (χ1v) is 12.8. The molecular weight excluding hydrogens is 412 g/mol. The highest BCUT2D eigenvalue weighted by atomic mass is 16.5. The van der Waals surface area contributed by atoms with Crippen molar-refractivity contribution in [1.82, 2.24) is 9.97 Å². The van der Waals surface area contributed by atoms with Crippen LogP contribution in [0.5, 0.6) is 11.5 Å². The molecule has 0 saturated heterocycles. The van der Waals surface area contributed by atoms with Crippen molar-refractivity contribution in [3.63, 3.8) is 0 Å². The number of esters is 1. The third kappa shape index (κ3) is 8.45. The first-order chi connectivity index (χ1) is 16.0. The molecule has 0 amide bonds. The van der Waals surface area contributed by atoms with E-state index in [0.717, 1.165) is 30.8 Å². The molecule has 5 nitrogen and oxygen atoms in total. The molecule has 1 fully saturated rings. The lowest BCUT2D eigenvalue weighted by atomic mass is 10.1. The number of nitrogens with zero attached hydrogens (tertiary/aromatic N) is 2. The first-order valence-electron chi connectivity index (χ1n) is 12.8. The van der Waals surface area contributed by atoms with Gasteiger partial charge in [-0.05, 0) is 42.5 Å². The fourth-order valence-corrected chi connectivity index (χ4v) is 4.05. The molecule has 0 bridgehead atoms. The fourth-order valence-electron chi connectivity index (χ4n) is 4.05. The number of aromatic nitrogens is 2. The quantitative estimate of drug-likeness (QED) is 0.208. The highest BCUT2D eigenvalue weighted by Crippen LogP contribution is 2.52. The van der Waals surface area contributed by atoms with Gasteiger partial charge in [-0.3, -0.25) is 4.79 Å². The summed E-state index contributed by atoms with van der Waals surface area (Å²) in [7, 11) is 0. The minimum absolute atomic E-state index is 0.0231. The standard InChI is InChI=1S/C28H40N2O3/c1-4-5-6-7-8-9-10-11-12-13-18-32-23-16-14-22(15-17-23)26-29-20-24(21-30-26)33-27(31)25-19-28(25,2)3/h14-17,20-21,25H,4-13,18-19H2,1-3H3/t25-/m1/s1. The summed E-state index contributed by atoms with van der Waals surface area (Å²) in [4.78, 5) is 20.8. The molecule has 2 aromatic rings. The lowest BCUT2D eigenvalue weighted by molar-refractivity contribution is -0.136. The van der Waals surface area contributed by atoms with Crippen LogP contribution in [-0.4, -0.2) is 22.5 Å². The lowest BCUT2D eigenvalue weighted by Gasteiger charge is -2.08. The Morgan fingerprint density at radius 3 is 1.97 bits per heavy atom. The molecule has 33 heavy (non-hydrogen) atoms. The van der Waals surface area contributed by atoms with Gasteiger partial charge in [0.05, 0.1) is 24.9 Å². The number of ether oxygens (including phenoxy) is 2. The minimum Gasteiger partial charge on any atom is -0.494 e. The largest absolute Gasteiger partial charge is 0.494 e. The van der Waals surface area contributed by atoms with Crippen molar-refractivity contribution >= 4 is 5.97 Å². The van der Waals surface area contributed by atoms with Gasteiger partial charge in [0.1, 0.15) is 5.75 Å². The number of carbonyl (C=O) groups excluding carboxylic acids is 1. The summed E-state index contributed by atoms with van der Waals surface area (Å²) < 4.78 is 11.3. The number of benzene rings is 1. The van der Waals surface area contributed by atoms with Crippen LogP contribution in [-0.2, 0) is 4.79 Å². The van der Waals surface area contributed by atoms with Gasteiger partial charge >= 0.3 is 5.97 Å². The van der Waals surface area contributed by atoms with Crippen LogP contribution in [0.15, 0.2) is 36.7 Å². The number of hydrogen-bond acceptors (Lipinski definition) is 5. The molecule has 1 saturated carbocycles. The number of hydrogen-bond donors (Lipinski definition) is 0. The predicted octanol–water partition coefficient (Wildman–Crippen LogP) is 7.39. The van der Waals surface area contributed by atoms with Crippen molar-refractivity contribution in [3.05, 3.63) is 36.7 Å². The topological polar surface area (TPSA) is 61.3 Å². The predicted molar refractivity (Wildman–Crippen MR) is 132 cm³/mol. The molecule has 0 radical (unpaired) electrons. The Morgan fingerprint density at radius 1 is 0.879 bits per heavy atom. The maximum atomic E-state index is 12.1. The van der Waals surface area contributed by atoms with E-state index in [4.69, 9.17) is 9.47 Å². The minimum atomic E-state index is -0.194. The van der Waals surface area contributed by atoms with E-state index in [-0.39, 0.29) is 17.3 Å². The lowest BCUT2D eigenvalue weighted by Crippen LogP contribution is -2.13. The maximum Gasteiger partial charge on any atom is 0.315 e. The Bertz CT molecular complexity index is 846. The molecule has 180 valence electrons. The van der Waals surface area contributed by atoms with Gasteiger partial charge in [0, 0.05) is 5.56 Å². The van der Waals surface area contributed by atoms with Crippen molar-refractivity contribution in [1.29, 1.82) is 0 Å². The Morgan fingerprint density at radius 2 is 1.42 bits per heavy atom. The van der Waals surface area contributed by atoms with Gasteiger partial charge in [0.25, 0.3) is 0 Å². The molecule has 0 spiro atoms. The van der Waals surface area contributed by atoms with Crippen LogP contribution in [0.4, 0.5) is 0 Å². The summed E-state index contributed by atoms with van der Waals surface area (Å²) in [5.41, 5.74) is 0.956. The molecule has 1 aromatic heterocycles. The van der Waals surface area contributed by atoms with Crippen LogP contribution in [0, 0.1) is 11.3 Å². The Kier molecular flexibility index (Phi) is 9.71. The van der Waals surface area contributed by atoms with Gasteiger partial charge in [-0.2, -0.15) is 0 Å². The molecule has 0 N–H and O–H groups in total. The smallest absolute Gasteiger partial charge is 0.315 e. The summed E-state index contributed by atoms with van der Waals surface area (Å²) in [6, 6.07) is 7.83. The molecule has 1 atom stereocenters. The van der Waals surface area contributed by atoms with Crippen LogP contribution >= 0.6 is 0 Å². The second-order valence-electron chi connectivity index (χ2n) is 9.96. The normalized spacial score (nSPS) is 16.4. The van der Waals surface area contributed by atoms with E-state index in [1.54, 1.807) is 12.4 Å². The molecule has 3 rings (SSSR count). The molecule has 1 heterocycles. The van der Waals surface area contributed by atoms with Gasteiger partial charge in [-0.25, -0.2) is 9.97 Å². The molecule has 0 unspecified atom stereocenters. The molecular formula is C28H40N2O3. The van der Waals surface area contributed by atoms with E-state index in [1.165, 1.54) is 57.8 Å². The molecule has 0 aliphatic heterocycles. The fraction of sp³-hybridized carbons (Fsp3) is 0.607. The van der Waals surface area contributed by atoms with E-state index in [2.05, 4.69) is 30.7 Å². The molecule has 1 aliphatic rings. The van der Waals surface area contributed by atoms with E-state index in [9.17, 15) is 4.79 Å². The zero-order valence-corrected chi connectivity index (χ0v) is 20.6. The molecule has 1 aliphatic carbocycles. The van der Waals surface area contributed by atoms with Crippen LogP contribution < -0.4 is 9.47 Å². The van der Waals surface area contributed by atoms with Gasteiger partial charge in [-0.1, -0.05) is 78.6 Å². The second-order valence-corrected chi connectivity index (χ2v) is 9.96. The summed E-state index contributed by atoms with van der Waals surface area (Å²) >= 11 is 0. The molecule has 5 heteroatoms. The Hall–Kier alpha value is -2.43. The zero-order valence-electron chi connectivity index (χ0n) is 20.6. The molecule has 1 aromatic carbocycles. The van der Waals surface area contributed by atoms with Crippen molar-refractivity contribution in [2.45, 2.75) is 91.4 Å². The third-order valence-electron chi connectivity index (χ3n) is 6.52. The van der Waals surface area contributed by atoms with Crippen LogP contribution in [0.2, 0.25) is 0 Å². The average Bonchev–Trinajstić information content (AvgIpc) is 3.47. The van der Waals surface area contributed by atoms with Crippen molar-refractivity contribution < 1.29 is 14.3 Å². The number of unbranched alkanes of at least 4 members (excludes halogenated alkanes) is 9. The van der Waals surface area contributed by atoms with E-state index < -0.39 is 0 Å². The van der Waals surface area contributed by atoms with Crippen molar-refractivity contribution in [2.75, 3.05) is 6.61 Å². The zero-order chi connectivity index (χ0) is 23.5. The SMILES string of the molecule is CCCCCCCCCCCCOc1ccc(-c2ncc(OC(=O)[C@H]3CC3(C)C)cn2)cc1. The van der Waals surface area contributed by atoms with Crippen LogP contribution in [0.25, 0.3) is 11.4 Å². The van der Waals surface area contributed by atoms with Gasteiger partial charge in [0.15, 0.2) is 11.6 Å². The summed E-state index contributed by atoms with van der Waals surface area (Å²) in [6.07, 6.45) is 17.2. The second kappa shape index (κ2) is 12.7. The summed E-state index contributed by atoms with van der Waals surface area (Å²) in [6.45, 7) is 7.16. The highest BCUT2D eigenvalue weighted by molar-refractivity contribution is 5.78. The van der Waals surface area contributed by atoms with Crippen molar-refractivity contribution in [3.8, 4) is 22.9 Å². The van der Waals surface area contributed by atoms with Crippen LogP contribution in [0.3, 0.4) is 0 Å². The van der Waals surface area contributed by atoms with E-state index in [0.29, 0.717) is 11.6 Å². The Balaban J connectivity index is 1.31. The van der Waals surface area contributed by atoms with Gasteiger partial charge in [0.2, 0.25) is 0 Å². The van der Waals surface area contributed by atoms with Gasteiger partial charge < -0.3 is 9.47 Å². The van der Waals surface area contributed by atoms with E-state index in [1.807, 2.05) is 24.3 Å². The summed E-state index contributed by atoms with van der Waals surface area (Å²) in [5.74, 6) is 1.64. The highest BCUT2D eigenvalue weighted by Gasteiger charge is 2.52. The first kappa shape index (κ1) is 25.2. The Labute approximate surface area is 199 Å². The van der Waals surface area contributed by atoms with E-state index >= 15 is 0 Å². The van der Waals surface area contributed by atoms with Crippen molar-refractivity contribution in [2.24, 2.45) is 11.3 Å². The third-order valence-corrected chi connectivity index (χ3v) is 6.52. The summed E-state index contributed by atoms with van der Waals surface area (Å²) in [5, 5.41) is 0. The van der Waals surface area contributed by atoms with Crippen LogP contribution in [0.1, 0.15) is 91.4 Å². The monoisotopic (exact) mass is 452 g/mol. The van der Waals surface area contributed by atoms with Gasteiger partial charge in [-0.15, -0.1) is 0 Å². The number of carbonyl (C=O) groups is 1. The average molecular weight is 453 g/mol. The number of rotatable bonds is 15. The maximum absolute atomic E-state index is 12.1.